The highest BCUT2D eigenvalue weighted by molar-refractivity contribution is 5.93. The predicted octanol–water partition coefficient (Wildman–Crippen LogP) is 4.39. The molecule has 0 bridgehead atoms. The molecule has 1 aromatic heterocycles. The van der Waals surface area contributed by atoms with Crippen molar-refractivity contribution in [1.82, 2.24) is 14.9 Å². The van der Waals surface area contributed by atoms with E-state index in [1.165, 1.54) is 18.5 Å². The van der Waals surface area contributed by atoms with Crippen molar-refractivity contribution in [3.05, 3.63) is 36.2 Å². The van der Waals surface area contributed by atoms with E-state index in [0.29, 0.717) is 17.1 Å². The lowest BCUT2D eigenvalue weighted by atomic mass is 10.0. The average molecular weight is 500 g/mol. The van der Waals surface area contributed by atoms with Gasteiger partial charge in [-0.05, 0) is 51.8 Å². The minimum atomic E-state index is -3.35. The summed E-state index contributed by atoms with van der Waals surface area (Å²) in [6.07, 6.45) is 0.561. The molecule has 2 heterocycles. The van der Waals surface area contributed by atoms with Crippen molar-refractivity contribution in [1.29, 1.82) is 5.26 Å². The fraction of sp³-hybridized carbons (Fsp3) is 0.480. The number of amides is 2. The zero-order chi connectivity index (χ0) is 26.1. The topological polar surface area (TPSA) is 117 Å². The second kappa shape index (κ2) is 9.68. The van der Waals surface area contributed by atoms with Crippen molar-refractivity contribution in [2.24, 2.45) is 5.92 Å². The third kappa shape index (κ3) is 6.05. The van der Waals surface area contributed by atoms with Gasteiger partial charge in [-0.25, -0.2) is 23.5 Å². The molecule has 2 amide bonds. The van der Waals surface area contributed by atoms with Crippen molar-refractivity contribution in [2.75, 3.05) is 18.4 Å². The fourth-order valence-corrected chi connectivity index (χ4v) is 3.74. The van der Waals surface area contributed by atoms with Gasteiger partial charge in [-0.15, -0.1) is 0 Å². The zero-order valence-electron chi connectivity index (χ0n) is 20.3. The second-order valence-electron chi connectivity index (χ2n) is 9.93. The molecule has 2 aliphatic rings. The fourth-order valence-electron chi connectivity index (χ4n) is 3.74. The minimum absolute atomic E-state index is 0.00737. The van der Waals surface area contributed by atoms with Gasteiger partial charge in [0.1, 0.15) is 29.6 Å². The molecular formula is C25H27F2N5O4. The van der Waals surface area contributed by atoms with E-state index in [9.17, 15) is 23.6 Å². The van der Waals surface area contributed by atoms with Crippen molar-refractivity contribution in [2.45, 2.75) is 57.7 Å². The van der Waals surface area contributed by atoms with Crippen molar-refractivity contribution < 1.29 is 27.8 Å². The summed E-state index contributed by atoms with van der Waals surface area (Å²) in [5.41, 5.74) is 0.251. The monoisotopic (exact) mass is 499 g/mol. The van der Waals surface area contributed by atoms with Crippen molar-refractivity contribution in [3.8, 4) is 23.1 Å². The van der Waals surface area contributed by atoms with Gasteiger partial charge in [0.15, 0.2) is 6.10 Å². The number of aromatic nitrogens is 2. The quantitative estimate of drug-likeness (QED) is 0.648. The maximum atomic E-state index is 14.9. The largest absolute Gasteiger partial charge is 0.483 e. The molecule has 1 aromatic carbocycles. The van der Waals surface area contributed by atoms with Gasteiger partial charge in [0.05, 0.1) is 17.8 Å². The van der Waals surface area contributed by atoms with Crippen LogP contribution in [0.3, 0.4) is 0 Å². The van der Waals surface area contributed by atoms with Crippen LogP contribution >= 0.6 is 0 Å². The highest BCUT2D eigenvalue weighted by Crippen LogP contribution is 2.34. The van der Waals surface area contributed by atoms with Gasteiger partial charge in [0, 0.05) is 30.5 Å². The minimum Gasteiger partial charge on any atom is -0.483 e. The summed E-state index contributed by atoms with van der Waals surface area (Å²) < 4.78 is 40.5. The Morgan fingerprint density at radius 3 is 2.58 bits per heavy atom. The number of ether oxygens (including phenoxy) is 2. The second-order valence-corrected chi connectivity index (χ2v) is 9.93. The molecule has 2 fully saturated rings. The number of nitrogens with one attached hydrogen (secondary N) is 1. The number of rotatable bonds is 5. The lowest BCUT2D eigenvalue weighted by Crippen LogP contribution is -2.56. The molecule has 36 heavy (non-hydrogen) atoms. The summed E-state index contributed by atoms with van der Waals surface area (Å²) in [4.78, 5) is 33.4. The molecule has 4 rings (SSSR count). The van der Waals surface area contributed by atoms with Crippen LogP contribution in [0, 0.1) is 17.2 Å². The molecule has 190 valence electrons. The van der Waals surface area contributed by atoms with Gasteiger partial charge in [-0.3, -0.25) is 4.79 Å². The van der Waals surface area contributed by atoms with Crippen molar-refractivity contribution >= 4 is 17.8 Å². The maximum absolute atomic E-state index is 14.9. The van der Waals surface area contributed by atoms with E-state index < -0.39 is 30.3 Å². The molecule has 9 nitrogen and oxygen atoms in total. The molecule has 1 saturated carbocycles. The Morgan fingerprint density at radius 2 is 1.94 bits per heavy atom. The lowest BCUT2D eigenvalue weighted by Gasteiger charge is -2.38. The molecular weight excluding hydrogens is 472 g/mol. The number of hydrogen-bond donors (Lipinski definition) is 1. The maximum Gasteiger partial charge on any atom is 0.410 e. The van der Waals surface area contributed by atoms with Gasteiger partial charge in [-0.2, -0.15) is 5.26 Å². The van der Waals surface area contributed by atoms with Gasteiger partial charge in [-0.1, -0.05) is 0 Å². The lowest BCUT2D eigenvalue weighted by molar-refractivity contribution is -0.137. The highest BCUT2D eigenvalue weighted by Gasteiger charge is 2.48. The molecule has 1 aliphatic carbocycles. The molecule has 2 aromatic rings. The summed E-state index contributed by atoms with van der Waals surface area (Å²) in [5.74, 6) is -3.08. The normalized spacial score (nSPS) is 19.2. The number of hydrogen-bond acceptors (Lipinski definition) is 7. The number of carbonyl (C=O) groups is 2. The van der Waals surface area contributed by atoms with Crippen LogP contribution < -0.4 is 10.1 Å². The van der Waals surface area contributed by atoms with Crippen molar-refractivity contribution in [3.63, 3.8) is 0 Å². The van der Waals surface area contributed by atoms with E-state index in [0.717, 1.165) is 17.7 Å². The van der Waals surface area contributed by atoms with E-state index >= 15 is 0 Å². The number of carbonyl (C=O) groups excluding carboxylic acids is 2. The van der Waals surface area contributed by atoms with Crippen LogP contribution in [-0.4, -0.2) is 57.6 Å². The standard InChI is InChI=1S/C25H27F2N5O4/c1-24(2,3)36-23(34)32-9-8-20(25(26,27)13-32)35-19-7-6-16(10-17(19)12-28)18-11-21(30-14-29-18)31-22(33)15-4-5-15/h6-7,10-11,14-15,20H,4-5,8-9,13H2,1-3H3,(H,29,30,31,33)/t20-/m0/s1. The number of benzene rings is 1. The first-order valence-corrected chi connectivity index (χ1v) is 11.6. The number of halogens is 2. The molecule has 0 radical (unpaired) electrons. The molecule has 0 unspecified atom stereocenters. The van der Waals surface area contributed by atoms with Crippen LogP contribution in [-0.2, 0) is 9.53 Å². The van der Waals surface area contributed by atoms with E-state index in [-0.39, 0.29) is 36.1 Å². The first-order chi connectivity index (χ1) is 16.9. The van der Waals surface area contributed by atoms with Crippen LogP contribution in [0.2, 0.25) is 0 Å². The summed E-state index contributed by atoms with van der Waals surface area (Å²) in [5, 5.41) is 12.4. The Balaban J connectivity index is 1.46. The van der Waals surface area contributed by atoms with Crippen LogP contribution in [0.5, 0.6) is 5.75 Å². The molecule has 1 aliphatic heterocycles. The Hall–Kier alpha value is -3.81. The molecule has 1 saturated heterocycles. The number of alkyl halides is 2. The summed E-state index contributed by atoms with van der Waals surface area (Å²) in [6, 6.07) is 8.08. The smallest absolute Gasteiger partial charge is 0.410 e. The third-order valence-corrected chi connectivity index (χ3v) is 5.72. The first kappa shape index (κ1) is 25.3. The summed E-state index contributed by atoms with van der Waals surface area (Å²) in [7, 11) is 0. The van der Waals surface area contributed by atoms with Crippen LogP contribution in [0.1, 0.15) is 45.6 Å². The highest BCUT2D eigenvalue weighted by atomic mass is 19.3. The Kier molecular flexibility index (Phi) is 6.80. The average Bonchev–Trinajstić information content (AvgIpc) is 3.65. The Morgan fingerprint density at radius 1 is 1.19 bits per heavy atom. The first-order valence-electron chi connectivity index (χ1n) is 11.6. The van der Waals surface area contributed by atoms with E-state index in [1.54, 1.807) is 32.9 Å². The number of piperidine rings is 1. The number of anilines is 1. The van der Waals surface area contributed by atoms with Gasteiger partial charge < -0.3 is 19.7 Å². The molecule has 1 atom stereocenters. The van der Waals surface area contributed by atoms with Crippen LogP contribution in [0.15, 0.2) is 30.6 Å². The van der Waals surface area contributed by atoms with Gasteiger partial charge in [0.25, 0.3) is 0 Å². The van der Waals surface area contributed by atoms with Crippen LogP contribution in [0.25, 0.3) is 11.3 Å². The van der Waals surface area contributed by atoms with E-state index in [1.807, 2.05) is 6.07 Å². The summed E-state index contributed by atoms with van der Waals surface area (Å²) >= 11 is 0. The zero-order valence-corrected chi connectivity index (χ0v) is 20.3. The number of likely N-dealkylation sites (tertiary alicyclic amines) is 1. The van der Waals surface area contributed by atoms with Gasteiger partial charge in [0.2, 0.25) is 5.91 Å². The molecule has 11 heteroatoms. The summed E-state index contributed by atoms with van der Waals surface area (Å²) in [6.45, 7) is 4.18. The number of nitriles is 1. The predicted molar refractivity (Wildman–Crippen MR) is 125 cm³/mol. The van der Waals surface area contributed by atoms with Gasteiger partial charge >= 0.3 is 12.0 Å². The Bertz CT molecular complexity index is 1200. The third-order valence-electron chi connectivity index (χ3n) is 5.72. The van der Waals surface area contributed by atoms with E-state index in [4.69, 9.17) is 9.47 Å². The molecule has 1 N–H and O–H groups in total. The Labute approximate surface area is 207 Å². The SMILES string of the molecule is CC(C)(C)OC(=O)N1CC[C@H](Oc2ccc(-c3cc(NC(=O)C4CC4)ncn3)cc2C#N)C(F)(F)C1. The number of nitrogens with zero attached hydrogens (tertiary/aromatic N) is 4. The van der Waals surface area contributed by atoms with E-state index in [2.05, 4.69) is 15.3 Å². The molecule has 0 spiro atoms. The van der Waals surface area contributed by atoms with Crippen LogP contribution in [0.4, 0.5) is 19.4 Å².